The second-order valence-electron chi connectivity index (χ2n) is 6.31. The molecule has 1 aromatic heterocycles. The van der Waals surface area contributed by atoms with Crippen LogP contribution in [0.1, 0.15) is 28.1 Å². The lowest BCUT2D eigenvalue weighted by atomic mass is 10.1. The summed E-state index contributed by atoms with van der Waals surface area (Å²) >= 11 is 7.78. The average molecular weight is 414 g/mol. The lowest BCUT2D eigenvalue weighted by Gasteiger charge is -2.25. The Morgan fingerprint density at radius 3 is 2.81 bits per heavy atom. The molecule has 26 heavy (non-hydrogen) atoms. The fourth-order valence-electron chi connectivity index (χ4n) is 2.91. The van der Waals surface area contributed by atoms with E-state index in [-0.39, 0.29) is 27.5 Å². The van der Waals surface area contributed by atoms with Gasteiger partial charge in [0, 0.05) is 24.3 Å². The van der Waals surface area contributed by atoms with Gasteiger partial charge in [0.25, 0.3) is 5.91 Å². The molecular formula is C18H20ClNO4S2. The van der Waals surface area contributed by atoms with E-state index in [2.05, 4.69) is 0 Å². The molecule has 3 rings (SSSR count). The van der Waals surface area contributed by atoms with Crippen molar-refractivity contribution in [1.29, 1.82) is 0 Å². The summed E-state index contributed by atoms with van der Waals surface area (Å²) in [6.45, 7) is 1.60. The summed E-state index contributed by atoms with van der Waals surface area (Å²) in [6.07, 6.45) is 3.00. The van der Waals surface area contributed by atoms with Crippen molar-refractivity contribution in [2.75, 3.05) is 19.4 Å². The minimum atomic E-state index is -3.43. The minimum Gasteiger partial charge on any atom is -0.376 e. The number of thiophene rings is 1. The van der Waals surface area contributed by atoms with E-state index in [9.17, 15) is 13.2 Å². The number of rotatable bonds is 6. The number of nitrogens with zero attached hydrogens (tertiary/aromatic N) is 1. The molecule has 1 saturated heterocycles. The van der Waals surface area contributed by atoms with Crippen molar-refractivity contribution in [1.82, 2.24) is 4.90 Å². The van der Waals surface area contributed by atoms with E-state index < -0.39 is 9.84 Å². The highest BCUT2D eigenvalue weighted by atomic mass is 35.5. The fourth-order valence-corrected chi connectivity index (χ4v) is 4.48. The van der Waals surface area contributed by atoms with Gasteiger partial charge in [0.05, 0.1) is 28.1 Å². The molecule has 2 heterocycles. The molecule has 140 valence electrons. The van der Waals surface area contributed by atoms with Gasteiger partial charge in [0.2, 0.25) is 0 Å². The molecule has 1 aliphatic heterocycles. The van der Waals surface area contributed by atoms with Gasteiger partial charge < -0.3 is 9.64 Å². The zero-order valence-corrected chi connectivity index (χ0v) is 16.7. The van der Waals surface area contributed by atoms with E-state index in [0.29, 0.717) is 19.7 Å². The maximum absolute atomic E-state index is 13.2. The van der Waals surface area contributed by atoms with Crippen LogP contribution in [0, 0.1) is 0 Å². The predicted molar refractivity (Wildman–Crippen MR) is 103 cm³/mol. The van der Waals surface area contributed by atoms with E-state index in [1.807, 2.05) is 17.5 Å². The van der Waals surface area contributed by atoms with Crippen LogP contribution in [0.5, 0.6) is 0 Å². The Balaban J connectivity index is 1.90. The first-order valence-electron chi connectivity index (χ1n) is 8.27. The van der Waals surface area contributed by atoms with Crippen LogP contribution in [-0.4, -0.2) is 44.7 Å². The van der Waals surface area contributed by atoms with Gasteiger partial charge in [-0.25, -0.2) is 8.42 Å². The molecule has 1 aromatic carbocycles. The Kier molecular flexibility index (Phi) is 6.02. The molecule has 5 nitrogen and oxygen atoms in total. The summed E-state index contributed by atoms with van der Waals surface area (Å²) in [5, 5.41) is 2.20. The quantitative estimate of drug-likeness (QED) is 0.725. The molecule has 1 aliphatic rings. The first kappa shape index (κ1) is 19.4. The summed E-state index contributed by atoms with van der Waals surface area (Å²) in [5.41, 5.74) is 0.198. The van der Waals surface area contributed by atoms with Gasteiger partial charge in [0.1, 0.15) is 0 Å². The Labute approximate surface area is 162 Å². The zero-order chi connectivity index (χ0) is 18.7. The van der Waals surface area contributed by atoms with Crippen molar-refractivity contribution in [3.63, 3.8) is 0 Å². The number of halogens is 1. The highest BCUT2D eigenvalue weighted by molar-refractivity contribution is 7.90. The van der Waals surface area contributed by atoms with Gasteiger partial charge >= 0.3 is 0 Å². The number of carbonyl (C=O) groups excluding carboxylic acids is 1. The van der Waals surface area contributed by atoms with Crippen LogP contribution in [-0.2, 0) is 21.1 Å². The number of ether oxygens (including phenoxy) is 1. The number of amides is 1. The third-order valence-electron chi connectivity index (χ3n) is 4.26. The molecule has 1 fully saturated rings. The van der Waals surface area contributed by atoms with Crippen LogP contribution in [0.25, 0.3) is 0 Å². The third kappa shape index (κ3) is 4.65. The second kappa shape index (κ2) is 8.08. The first-order valence-corrected chi connectivity index (χ1v) is 11.4. The third-order valence-corrected chi connectivity index (χ3v) is 6.56. The number of sulfone groups is 1. The summed E-state index contributed by atoms with van der Waals surface area (Å²) < 4.78 is 29.4. The molecule has 1 atom stereocenters. The van der Waals surface area contributed by atoms with Crippen LogP contribution in [0.3, 0.4) is 0 Å². The molecule has 0 radical (unpaired) electrons. The van der Waals surface area contributed by atoms with Gasteiger partial charge in [-0.15, -0.1) is 11.3 Å². The van der Waals surface area contributed by atoms with Crippen molar-refractivity contribution in [2.45, 2.75) is 30.4 Å². The SMILES string of the molecule is CS(=O)(=O)c1ccc(Cl)c(C(=O)N(Cc2cccs2)CC2CCCO2)c1. The lowest BCUT2D eigenvalue weighted by Crippen LogP contribution is -2.37. The molecule has 8 heteroatoms. The van der Waals surface area contributed by atoms with Gasteiger partial charge in [-0.05, 0) is 42.5 Å². The van der Waals surface area contributed by atoms with Gasteiger partial charge in [0.15, 0.2) is 9.84 Å². The molecule has 0 bridgehead atoms. The average Bonchev–Trinajstić information content (AvgIpc) is 3.27. The number of carbonyl (C=O) groups is 1. The van der Waals surface area contributed by atoms with E-state index in [1.54, 1.807) is 16.2 Å². The highest BCUT2D eigenvalue weighted by Crippen LogP contribution is 2.25. The fraction of sp³-hybridized carbons (Fsp3) is 0.389. The van der Waals surface area contributed by atoms with Gasteiger partial charge in [-0.2, -0.15) is 0 Å². The molecule has 0 N–H and O–H groups in total. The van der Waals surface area contributed by atoms with E-state index in [0.717, 1.165) is 24.0 Å². The molecule has 0 saturated carbocycles. The van der Waals surface area contributed by atoms with E-state index >= 15 is 0 Å². The van der Waals surface area contributed by atoms with E-state index in [4.69, 9.17) is 16.3 Å². The lowest BCUT2D eigenvalue weighted by molar-refractivity contribution is 0.0509. The summed E-state index contributed by atoms with van der Waals surface area (Å²) in [6, 6.07) is 8.14. The first-order chi connectivity index (χ1) is 12.3. The largest absolute Gasteiger partial charge is 0.376 e. The zero-order valence-electron chi connectivity index (χ0n) is 14.4. The maximum atomic E-state index is 13.2. The Morgan fingerprint density at radius 2 is 2.19 bits per heavy atom. The van der Waals surface area contributed by atoms with Crippen molar-refractivity contribution in [3.8, 4) is 0 Å². The highest BCUT2D eigenvalue weighted by Gasteiger charge is 2.26. The van der Waals surface area contributed by atoms with E-state index in [1.165, 1.54) is 18.2 Å². The number of hydrogen-bond donors (Lipinski definition) is 0. The molecule has 0 spiro atoms. The summed E-state index contributed by atoms with van der Waals surface area (Å²) in [4.78, 5) is 16.0. The van der Waals surface area contributed by atoms with Crippen LogP contribution < -0.4 is 0 Å². The predicted octanol–water partition coefficient (Wildman–Crippen LogP) is 3.63. The van der Waals surface area contributed by atoms with Crippen LogP contribution in [0.4, 0.5) is 0 Å². The molecule has 1 unspecified atom stereocenters. The van der Waals surface area contributed by atoms with Crippen LogP contribution in [0.15, 0.2) is 40.6 Å². The Morgan fingerprint density at radius 1 is 1.38 bits per heavy atom. The van der Waals surface area contributed by atoms with Gasteiger partial charge in [-0.1, -0.05) is 17.7 Å². The maximum Gasteiger partial charge on any atom is 0.255 e. The minimum absolute atomic E-state index is 0.00391. The number of benzene rings is 1. The number of hydrogen-bond acceptors (Lipinski definition) is 5. The molecular weight excluding hydrogens is 394 g/mol. The topological polar surface area (TPSA) is 63.7 Å². The summed E-state index contributed by atoms with van der Waals surface area (Å²) in [5.74, 6) is -0.288. The second-order valence-corrected chi connectivity index (χ2v) is 9.77. The van der Waals surface area contributed by atoms with Crippen molar-refractivity contribution < 1.29 is 17.9 Å². The molecule has 1 amide bonds. The summed E-state index contributed by atoms with van der Waals surface area (Å²) in [7, 11) is -3.43. The van der Waals surface area contributed by atoms with Crippen LogP contribution >= 0.6 is 22.9 Å². The monoisotopic (exact) mass is 413 g/mol. The van der Waals surface area contributed by atoms with Gasteiger partial charge in [-0.3, -0.25) is 4.79 Å². The Bertz CT molecular complexity index is 875. The van der Waals surface area contributed by atoms with Crippen LogP contribution in [0.2, 0.25) is 5.02 Å². The normalized spacial score (nSPS) is 17.4. The Hall–Kier alpha value is -1.41. The van der Waals surface area contributed by atoms with Crippen molar-refractivity contribution >= 4 is 38.7 Å². The standard InChI is InChI=1S/C18H20ClNO4S2/c1-26(22,23)15-6-7-17(19)16(10-15)18(21)20(11-13-4-2-8-24-13)12-14-5-3-9-25-14/h3,5-7,9-10,13H,2,4,8,11-12H2,1H3. The van der Waals surface area contributed by atoms with Crippen molar-refractivity contribution in [3.05, 3.63) is 51.2 Å². The molecule has 2 aromatic rings. The van der Waals surface area contributed by atoms with Crippen molar-refractivity contribution in [2.24, 2.45) is 0 Å². The smallest absolute Gasteiger partial charge is 0.255 e. The molecule has 0 aliphatic carbocycles.